The summed E-state index contributed by atoms with van der Waals surface area (Å²) in [6.07, 6.45) is 0. The van der Waals surface area contributed by atoms with Crippen molar-refractivity contribution in [2.45, 2.75) is 19.8 Å². The maximum atomic E-state index is 5.57. The van der Waals surface area contributed by atoms with Crippen molar-refractivity contribution in [1.29, 1.82) is 0 Å². The molecule has 2 aromatic rings. The first-order chi connectivity index (χ1) is 7.08. The third kappa shape index (κ3) is 1.85. The lowest BCUT2D eigenvalue weighted by Crippen LogP contribution is -2.08. The topological polar surface area (TPSA) is 54.7 Å². The average Bonchev–Trinajstić information content (AvgIpc) is 2.59. The Morgan fingerprint density at radius 1 is 1.47 bits per heavy atom. The van der Waals surface area contributed by atoms with Crippen molar-refractivity contribution in [3.63, 3.8) is 0 Å². The summed E-state index contributed by atoms with van der Waals surface area (Å²) >= 11 is 4.93. The number of rotatable bonds is 2. The molecule has 0 atom stereocenters. The van der Waals surface area contributed by atoms with Gasteiger partial charge in [0.1, 0.15) is 10.8 Å². The molecule has 0 amide bonds. The van der Waals surface area contributed by atoms with Crippen molar-refractivity contribution >= 4 is 28.2 Å². The van der Waals surface area contributed by atoms with Gasteiger partial charge >= 0.3 is 0 Å². The van der Waals surface area contributed by atoms with E-state index in [1.807, 2.05) is 18.2 Å². The molecule has 0 spiro atoms. The first kappa shape index (κ1) is 10.1. The number of thiocarbonyl (C=S) groups is 1. The van der Waals surface area contributed by atoms with E-state index < -0.39 is 0 Å². The number of nitrogens with zero attached hydrogens (tertiary/aromatic N) is 1. The molecule has 3 nitrogen and oxygen atoms in total. The van der Waals surface area contributed by atoms with Crippen LogP contribution in [-0.4, -0.2) is 15.0 Å². The third-order valence-electron chi connectivity index (χ3n) is 2.33. The fraction of sp³-hybridized carbons (Fsp3) is 0.273. The Morgan fingerprint density at radius 3 is 2.80 bits per heavy atom. The molecule has 1 heterocycles. The zero-order valence-corrected chi connectivity index (χ0v) is 9.56. The molecule has 15 heavy (non-hydrogen) atoms. The summed E-state index contributed by atoms with van der Waals surface area (Å²) in [5.41, 5.74) is 8.39. The minimum atomic E-state index is 0.394. The van der Waals surface area contributed by atoms with Gasteiger partial charge in [0.05, 0.1) is 11.0 Å². The molecular formula is C11H13N3S. The smallest absolute Gasteiger partial charge is 0.109 e. The molecular weight excluding hydrogens is 206 g/mol. The SMILES string of the molecule is CC(C)c1nc2ccc(C(N)=S)cc2[nH]1. The van der Waals surface area contributed by atoms with E-state index in [4.69, 9.17) is 18.0 Å². The molecule has 0 saturated carbocycles. The molecule has 0 fully saturated rings. The number of fused-ring (bicyclic) bond motifs is 1. The average molecular weight is 219 g/mol. The van der Waals surface area contributed by atoms with E-state index in [9.17, 15) is 0 Å². The van der Waals surface area contributed by atoms with E-state index in [1.165, 1.54) is 0 Å². The highest BCUT2D eigenvalue weighted by Crippen LogP contribution is 2.18. The lowest BCUT2D eigenvalue weighted by molar-refractivity contribution is 0.799. The van der Waals surface area contributed by atoms with Gasteiger partial charge < -0.3 is 10.7 Å². The maximum Gasteiger partial charge on any atom is 0.109 e. The van der Waals surface area contributed by atoms with Crippen LogP contribution in [0.5, 0.6) is 0 Å². The fourth-order valence-corrected chi connectivity index (χ4v) is 1.58. The van der Waals surface area contributed by atoms with Crippen LogP contribution in [0.15, 0.2) is 18.2 Å². The van der Waals surface area contributed by atoms with E-state index in [1.54, 1.807) is 0 Å². The van der Waals surface area contributed by atoms with Gasteiger partial charge in [-0.15, -0.1) is 0 Å². The molecule has 0 radical (unpaired) electrons. The second kappa shape index (κ2) is 3.62. The van der Waals surface area contributed by atoms with Crippen LogP contribution in [0.4, 0.5) is 0 Å². The summed E-state index contributed by atoms with van der Waals surface area (Å²) in [4.78, 5) is 8.15. The summed E-state index contributed by atoms with van der Waals surface area (Å²) < 4.78 is 0. The molecule has 0 aliphatic rings. The number of nitrogens with one attached hydrogen (secondary N) is 1. The highest BCUT2D eigenvalue weighted by molar-refractivity contribution is 7.80. The standard InChI is InChI=1S/C11H13N3S/c1-6(2)11-13-8-4-3-7(10(12)15)5-9(8)14-11/h3-6H,1-2H3,(H2,12,15)(H,13,14). The van der Waals surface area contributed by atoms with Gasteiger partial charge in [0, 0.05) is 11.5 Å². The van der Waals surface area contributed by atoms with Crippen molar-refractivity contribution in [2.75, 3.05) is 0 Å². The van der Waals surface area contributed by atoms with Gasteiger partial charge in [-0.05, 0) is 18.2 Å². The van der Waals surface area contributed by atoms with E-state index in [0.717, 1.165) is 22.4 Å². The van der Waals surface area contributed by atoms with E-state index >= 15 is 0 Å². The Labute approximate surface area is 93.7 Å². The monoisotopic (exact) mass is 219 g/mol. The van der Waals surface area contributed by atoms with Gasteiger partial charge in [0.2, 0.25) is 0 Å². The van der Waals surface area contributed by atoms with Crippen molar-refractivity contribution in [1.82, 2.24) is 9.97 Å². The number of H-pyrrole nitrogens is 1. The third-order valence-corrected chi connectivity index (χ3v) is 2.57. The molecule has 4 heteroatoms. The molecule has 0 bridgehead atoms. The number of hydrogen-bond donors (Lipinski definition) is 2. The predicted molar refractivity (Wildman–Crippen MR) is 66.1 cm³/mol. The highest BCUT2D eigenvalue weighted by Gasteiger charge is 2.07. The summed E-state index contributed by atoms with van der Waals surface area (Å²) in [7, 11) is 0. The van der Waals surface area contributed by atoms with Crippen molar-refractivity contribution in [3.05, 3.63) is 29.6 Å². The highest BCUT2D eigenvalue weighted by atomic mass is 32.1. The minimum Gasteiger partial charge on any atom is -0.389 e. The number of aromatic nitrogens is 2. The van der Waals surface area contributed by atoms with Gasteiger partial charge in [-0.2, -0.15) is 0 Å². The van der Waals surface area contributed by atoms with Crippen LogP contribution in [0.25, 0.3) is 11.0 Å². The summed E-state index contributed by atoms with van der Waals surface area (Å²) in [5.74, 6) is 1.38. The van der Waals surface area contributed by atoms with E-state index in [0.29, 0.717) is 10.9 Å². The summed E-state index contributed by atoms with van der Waals surface area (Å²) in [6, 6.07) is 5.78. The Balaban J connectivity index is 2.57. The number of hydrogen-bond acceptors (Lipinski definition) is 2. The lowest BCUT2D eigenvalue weighted by Gasteiger charge is -1.96. The fourth-order valence-electron chi connectivity index (χ4n) is 1.46. The number of benzene rings is 1. The van der Waals surface area contributed by atoms with Gasteiger partial charge in [-0.1, -0.05) is 26.1 Å². The second-order valence-electron chi connectivity index (χ2n) is 3.87. The maximum absolute atomic E-state index is 5.57. The van der Waals surface area contributed by atoms with Gasteiger partial charge in [-0.25, -0.2) is 4.98 Å². The van der Waals surface area contributed by atoms with Crippen LogP contribution in [0.3, 0.4) is 0 Å². The Hall–Kier alpha value is -1.42. The molecule has 1 aromatic carbocycles. The molecule has 78 valence electrons. The number of imidazole rings is 1. The van der Waals surface area contributed by atoms with Crippen molar-refractivity contribution < 1.29 is 0 Å². The molecule has 3 N–H and O–H groups in total. The first-order valence-electron chi connectivity index (χ1n) is 4.87. The van der Waals surface area contributed by atoms with Crippen LogP contribution >= 0.6 is 12.2 Å². The first-order valence-corrected chi connectivity index (χ1v) is 5.28. The molecule has 2 rings (SSSR count). The van der Waals surface area contributed by atoms with Crippen LogP contribution in [0, 0.1) is 0 Å². The molecule has 0 aliphatic carbocycles. The molecule has 1 aromatic heterocycles. The Morgan fingerprint density at radius 2 is 2.20 bits per heavy atom. The van der Waals surface area contributed by atoms with Gasteiger partial charge in [-0.3, -0.25) is 0 Å². The lowest BCUT2D eigenvalue weighted by atomic mass is 10.2. The molecule has 0 aliphatic heterocycles. The molecule has 0 unspecified atom stereocenters. The van der Waals surface area contributed by atoms with E-state index in [-0.39, 0.29) is 0 Å². The van der Waals surface area contributed by atoms with Crippen LogP contribution < -0.4 is 5.73 Å². The van der Waals surface area contributed by atoms with Gasteiger partial charge in [0.25, 0.3) is 0 Å². The van der Waals surface area contributed by atoms with Crippen LogP contribution in [0.1, 0.15) is 31.2 Å². The minimum absolute atomic E-state index is 0.394. The van der Waals surface area contributed by atoms with Crippen molar-refractivity contribution in [2.24, 2.45) is 5.73 Å². The quantitative estimate of drug-likeness (QED) is 0.762. The van der Waals surface area contributed by atoms with Gasteiger partial charge in [0.15, 0.2) is 0 Å². The predicted octanol–water partition coefficient (Wildman–Crippen LogP) is 2.32. The Kier molecular flexibility index (Phi) is 2.44. The second-order valence-corrected chi connectivity index (χ2v) is 4.31. The van der Waals surface area contributed by atoms with Crippen molar-refractivity contribution in [3.8, 4) is 0 Å². The Bertz CT molecular complexity index is 514. The largest absolute Gasteiger partial charge is 0.389 e. The summed E-state index contributed by atoms with van der Waals surface area (Å²) in [5, 5.41) is 0. The number of nitrogens with two attached hydrogens (primary N) is 1. The molecule has 0 saturated heterocycles. The van der Waals surface area contributed by atoms with Crippen LogP contribution in [-0.2, 0) is 0 Å². The normalized spacial score (nSPS) is 11.1. The van der Waals surface area contributed by atoms with Crippen LogP contribution in [0.2, 0.25) is 0 Å². The van der Waals surface area contributed by atoms with E-state index in [2.05, 4.69) is 23.8 Å². The zero-order chi connectivity index (χ0) is 11.0. The zero-order valence-electron chi connectivity index (χ0n) is 8.74. The number of aromatic amines is 1. The summed E-state index contributed by atoms with van der Waals surface area (Å²) in [6.45, 7) is 4.21.